The molecule has 0 bridgehead atoms. The van der Waals surface area contributed by atoms with Crippen LogP contribution in [0.5, 0.6) is 0 Å². The average Bonchev–Trinajstić information content (AvgIpc) is 3.59. The van der Waals surface area contributed by atoms with Crippen LogP contribution in [0.1, 0.15) is 85.1 Å². The predicted octanol–water partition coefficient (Wildman–Crippen LogP) is 4.34. The first-order valence-corrected chi connectivity index (χ1v) is 16.8. The maximum absolute atomic E-state index is 15.2. The molecule has 1 aromatic carbocycles. The van der Waals surface area contributed by atoms with Crippen molar-refractivity contribution in [1.29, 1.82) is 0 Å². The summed E-state index contributed by atoms with van der Waals surface area (Å²) >= 11 is 0. The summed E-state index contributed by atoms with van der Waals surface area (Å²) in [6, 6.07) is 2.73. The molecular formula is C35H53F2N5O3. The van der Waals surface area contributed by atoms with Gasteiger partial charge in [-0.25, -0.2) is 8.78 Å². The lowest BCUT2D eigenvalue weighted by Gasteiger charge is -2.42. The Bertz CT molecular complexity index is 1260. The zero-order chi connectivity index (χ0) is 32.8. The monoisotopic (exact) mass is 629 g/mol. The lowest BCUT2D eigenvalue weighted by atomic mass is 9.75. The summed E-state index contributed by atoms with van der Waals surface area (Å²) in [5, 5.41) is 0. The number of hydrogen-bond donors (Lipinski definition) is 0. The summed E-state index contributed by atoms with van der Waals surface area (Å²) in [5.74, 6) is -2.66. The zero-order valence-electron chi connectivity index (χ0n) is 28.3. The minimum absolute atomic E-state index is 0.0177. The van der Waals surface area contributed by atoms with Crippen molar-refractivity contribution < 1.29 is 23.2 Å². The van der Waals surface area contributed by atoms with Crippen LogP contribution >= 0.6 is 0 Å². The molecule has 3 aliphatic heterocycles. The Kier molecular flexibility index (Phi) is 9.68. The highest BCUT2D eigenvalue weighted by Gasteiger charge is 2.51. The second kappa shape index (κ2) is 12.9. The van der Waals surface area contributed by atoms with Gasteiger partial charge in [-0.3, -0.25) is 19.3 Å². The second-order valence-electron chi connectivity index (χ2n) is 15.8. The molecule has 250 valence electrons. The summed E-state index contributed by atoms with van der Waals surface area (Å²) in [6.45, 7) is 16.2. The molecule has 1 saturated carbocycles. The number of benzene rings is 1. The molecule has 3 saturated heterocycles. The van der Waals surface area contributed by atoms with Gasteiger partial charge < -0.3 is 19.6 Å². The first kappa shape index (κ1) is 33.8. The Balaban J connectivity index is 1.47. The molecule has 4 fully saturated rings. The third kappa shape index (κ3) is 7.22. The molecule has 8 nitrogen and oxygen atoms in total. The number of hydrogen-bond acceptors (Lipinski definition) is 5. The van der Waals surface area contributed by atoms with Gasteiger partial charge in [-0.1, -0.05) is 19.9 Å². The van der Waals surface area contributed by atoms with E-state index in [1.165, 1.54) is 12.1 Å². The third-order valence-corrected chi connectivity index (χ3v) is 11.1. The number of amides is 3. The topological polar surface area (TPSA) is 67.4 Å². The molecule has 0 radical (unpaired) electrons. The number of piperazine rings is 1. The number of rotatable bonds is 5. The average molecular weight is 630 g/mol. The van der Waals surface area contributed by atoms with E-state index in [-0.39, 0.29) is 47.3 Å². The Labute approximate surface area is 268 Å². The summed E-state index contributed by atoms with van der Waals surface area (Å²) in [6.07, 6.45) is 4.26. The Morgan fingerprint density at radius 1 is 0.911 bits per heavy atom. The molecule has 4 atom stereocenters. The van der Waals surface area contributed by atoms with Crippen molar-refractivity contribution in [1.82, 2.24) is 24.5 Å². The number of halogens is 2. The standard InChI is InChI=1S/C35H53F2N5O3/c1-23(43)42(25-10-12-35(5,6)13-11-25)26-19-31(33(45)39-16-14-38(7)15-17-39)41(20-26)32(44)29-22-40(34(2,3)4)21-28(29)27-9-8-24(36)18-30(27)37/h8-9,18,25-26,28-29,31H,10-17,19-22H2,1-7H3/t26-,28-,29+,31-/m0/s1. The molecule has 0 unspecified atom stereocenters. The molecule has 0 N–H and O–H groups in total. The van der Waals surface area contributed by atoms with Crippen molar-refractivity contribution in [3.63, 3.8) is 0 Å². The smallest absolute Gasteiger partial charge is 0.245 e. The molecule has 1 aliphatic carbocycles. The quantitative estimate of drug-likeness (QED) is 0.485. The molecule has 3 amide bonds. The highest BCUT2D eigenvalue weighted by Crippen LogP contribution is 2.42. The Morgan fingerprint density at radius 3 is 2.13 bits per heavy atom. The van der Waals surface area contributed by atoms with Gasteiger partial charge in [0, 0.05) is 76.3 Å². The van der Waals surface area contributed by atoms with Crippen LogP contribution in [0, 0.1) is 23.0 Å². The predicted molar refractivity (Wildman–Crippen MR) is 170 cm³/mol. The van der Waals surface area contributed by atoms with Crippen LogP contribution < -0.4 is 0 Å². The van der Waals surface area contributed by atoms with Gasteiger partial charge >= 0.3 is 0 Å². The van der Waals surface area contributed by atoms with Crippen molar-refractivity contribution in [2.24, 2.45) is 11.3 Å². The lowest BCUT2D eigenvalue weighted by molar-refractivity contribution is -0.147. The van der Waals surface area contributed by atoms with Gasteiger partial charge in [0.25, 0.3) is 0 Å². The zero-order valence-corrected chi connectivity index (χ0v) is 28.3. The summed E-state index contributed by atoms with van der Waals surface area (Å²) in [5.41, 5.74) is 0.296. The first-order chi connectivity index (χ1) is 21.1. The van der Waals surface area contributed by atoms with Crippen molar-refractivity contribution in [2.75, 3.05) is 52.9 Å². The fourth-order valence-corrected chi connectivity index (χ4v) is 8.14. The number of carbonyl (C=O) groups excluding carboxylic acids is 3. The van der Waals surface area contributed by atoms with Crippen LogP contribution in [-0.4, -0.2) is 119 Å². The SMILES string of the molecule is CC(=O)N(C1CCC(C)(C)CC1)[C@H]1C[C@@H](C(=O)N2CCN(C)CC2)N(C(=O)[C@@H]2CN(C(C)(C)C)C[C@H]2c2ccc(F)cc2F)C1. The fraction of sp³-hybridized carbons (Fsp3) is 0.743. The van der Waals surface area contributed by atoms with E-state index in [2.05, 4.69) is 44.4 Å². The maximum atomic E-state index is 15.2. The first-order valence-electron chi connectivity index (χ1n) is 16.8. The Hall–Kier alpha value is -2.59. The van der Waals surface area contributed by atoms with Crippen molar-refractivity contribution in [3.8, 4) is 0 Å². The summed E-state index contributed by atoms with van der Waals surface area (Å²) in [4.78, 5) is 52.1. The van der Waals surface area contributed by atoms with Crippen molar-refractivity contribution >= 4 is 17.7 Å². The highest BCUT2D eigenvalue weighted by molar-refractivity contribution is 5.90. The van der Waals surface area contributed by atoms with E-state index >= 15 is 4.39 Å². The van der Waals surface area contributed by atoms with Gasteiger partial charge in [-0.2, -0.15) is 0 Å². The van der Waals surface area contributed by atoms with Gasteiger partial charge in [0.15, 0.2) is 0 Å². The molecule has 5 rings (SSSR count). The number of nitrogens with zero attached hydrogens (tertiary/aromatic N) is 5. The van der Waals surface area contributed by atoms with Crippen LogP contribution in [-0.2, 0) is 14.4 Å². The minimum Gasteiger partial charge on any atom is -0.338 e. The molecule has 10 heteroatoms. The lowest BCUT2D eigenvalue weighted by Crippen LogP contribution is -2.54. The third-order valence-electron chi connectivity index (χ3n) is 11.1. The molecule has 1 aromatic rings. The van der Waals surface area contributed by atoms with E-state index in [1.54, 1.807) is 11.8 Å². The van der Waals surface area contributed by atoms with Crippen LogP contribution in [0.25, 0.3) is 0 Å². The van der Waals surface area contributed by atoms with Crippen LogP contribution in [0.4, 0.5) is 8.78 Å². The van der Waals surface area contributed by atoms with Crippen LogP contribution in [0.2, 0.25) is 0 Å². The van der Waals surface area contributed by atoms with E-state index in [9.17, 15) is 18.8 Å². The van der Waals surface area contributed by atoms with E-state index in [1.807, 2.05) is 16.8 Å². The normalized spacial score (nSPS) is 28.5. The second-order valence-corrected chi connectivity index (χ2v) is 15.8. The van der Waals surface area contributed by atoms with Gasteiger partial charge in [0.05, 0.1) is 12.0 Å². The van der Waals surface area contributed by atoms with Crippen LogP contribution in [0.15, 0.2) is 18.2 Å². The molecule has 4 aliphatic rings. The largest absolute Gasteiger partial charge is 0.338 e. The maximum Gasteiger partial charge on any atom is 0.245 e. The number of likely N-dealkylation sites (N-methyl/N-ethyl adjacent to an activating group) is 1. The van der Waals surface area contributed by atoms with Crippen LogP contribution in [0.3, 0.4) is 0 Å². The molecule has 0 aromatic heterocycles. The van der Waals surface area contributed by atoms with Crippen molar-refractivity contribution in [3.05, 3.63) is 35.4 Å². The van der Waals surface area contributed by atoms with Gasteiger partial charge in [-0.15, -0.1) is 0 Å². The van der Waals surface area contributed by atoms with Gasteiger partial charge in [-0.05, 0) is 77.0 Å². The number of likely N-dealkylation sites (tertiary alicyclic amines) is 2. The summed E-state index contributed by atoms with van der Waals surface area (Å²) < 4.78 is 29.2. The highest BCUT2D eigenvalue weighted by atomic mass is 19.1. The number of carbonyl (C=O) groups is 3. The molecule has 3 heterocycles. The van der Waals surface area contributed by atoms with E-state index in [4.69, 9.17) is 0 Å². The van der Waals surface area contributed by atoms with Gasteiger partial charge in [0.1, 0.15) is 17.7 Å². The molecule has 0 spiro atoms. The van der Waals surface area contributed by atoms with Gasteiger partial charge in [0.2, 0.25) is 17.7 Å². The fourth-order valence-electron chi connectivity index (χ4n) is 8.14. The van der Waals surface area contributed by atoms with Crippen molar-refractivity contribution in [2.45, 2.75) is 103 Å². The molecule has 45 heavy (non-hydrogen) atoms. The summed E-state index contributed by atoms with van der Waals surface area (Å²) in [7, 11) is 2.04. The minimum atomic E-state index is -0.685. The van der Waals surface area contributed by atoms with E-state index in [0.29, 0.717) is 38.2 Å². The van der Waals surface area contributed by atoms with E-state index in [0.717, 1.165) is 44.8 Å². The molecular weight excluding hydrogens is 576 g/mol. The van der Waals surface area contributed by atoms with E-state index < -0.39 is 29.5 Å². The Morgan fingerprint density at radius 2 is 1.56 bits per heavy atom.